The van der Waals surface area contributed by atoms with Crippen LogP contribution in [0.3, 0.4) is 0 Å². The molecular weight excluding hydrogens is 268 g/mol. The molecule has 0 heterocycles. The first-order chi connectivity index (χ1) is 10.2. The topological polar surface area (TPSA) is 81.4 Å². The number of esters is 1. The maximum Gasteiger partial charge on any atom is 0.308 e. The number of amides is 1. The second kappa shape index (κ2) is 7.78. The van der Waals surface area contributed by atoms with Gasteiger partial charge in [0.2, 0.25) is 5.91 Å². The molecule has 120 valence electrons. The Morgan fingerprint density at radius 3 is 2.48 bits per heavy atom. The molecule has 0 aliphatic heterocycles. The lowest BCUT2D eigenvalue weighted by atomic mass is 9.85. The van der Waals surface area contributed by atoms with Crippen LogP contribution < -0.4 is 11.1 Å². The number of hydrogen-bond donors (Lipinski definition) is 2. The van der Waals surface area contributed by atoms with Crippen molar-refractivity contribution >= 4 is 11.9 Å². The lowest BCUT2D eigenvalue weighted by Crippen LogP contribution is -2.43. The Balaban J connectivity index is 1.75. The second-order valence-electron chi connectivity index (χ2n) is 6.34. The van der Waals surface area contributed by atoms with Crippen molar-refractivity contribution in [3.63, 3.8) is 0 Å². The van der Waals surface area contributed by atoms with Crippen LogP contribution in [-0.4, -0.2) is 31.1 Å². The molecule has 2 aliphatic rings. The van der Waals surface area contributed by atoms with E-state index in [9.17, 15) is 9.59 Å². The van der Waals surface area contributed by atoms with Crippen LogP contribution >= 0.6 is 0 Å². The Morgan fingerprint density at radius 2 is 1.86 bits per heavy atom. The summed E-state index contributed by atoms with van der Waals surface area (Å²) in [5.41, 5.74) is 5.74. The molecule has 1 amide bonds. The summed E-state index contributed by atoms with van der Waals surface area (Å²) in [6.07, 6.45) is 6.51. The Hall–Kier alpha value is -1.10. The lowest BCUT2D eigenvalue weighted by molar-refractivity contribution is -0.149. The van der Waals surface area contributed by atoms with Gasteiger partial charge in [0.1, 0.15) is 0 Å². The lowest BCUT2D eigenvalue weighted by Gasteiger charge is -2.29. The summed E-state index contributed by atoms with van der Waals surface area (Å²) in [7, 11) is 0. The molecule has 0 bridgehead atoms. The Labute approximate surface area is 127 Å². The Morgan fingerprint density at radius 1 is 1.14 bits per heavy atom. The van der Waals surface area contributed by atoms with Crippen molar-refractivity contribution in [2.45, 2.75) is 57.9 Å². The molecule has 5 nitrogen and oxygen atoms in total. The smallest absolute Gasteiger partial charge is 0.308 e. The van der Waals surface area contributed by atoms with E-state index in [4.69, 9.17) is 10.5 Å². The van der Waals surface area contributed by atoms with Crippen LogP contribution in [0.5, 0.6) is 0 Å². The van der Waals surface area contributed by atoms with Gasteiger partial charge < -0.3 is 15.8 Å². The largest absolute Gasteiger partial charge is 0.466 e. The molecule has 3 N–H and O–H groups in total. The fourth-order valence-corrected chi connectivity index (χ4v) is 3.71. The van der Waals surface area contributed by atoms with Gasteiger partial charge in [-0.1, -0.05) is 6.42 Å². The first-order valence-electron chi connectivity index (χ1n) is 8.32. The van der Waals surface area contributed by atoms with Crippen LogP contribution in [0.4, 0.5) is 0 Å². The molecule has 0 radical (unpaired) electrons. The first kappa shape index (κ1) is 16.3. The SMILES string of the molecule is CCOC(=O)C1CCC(NC(=O)C2CCCC2CN)CC1. The number of carbonyl (C=O) groups is 2. The average molecular weight is 296 g/mol. The molecular formula is C16H28N2O3. The molecule has 0 saturated heterocycles. The summed E-state index contributed by atoms with van der Waals surface area (Å²) in [5, 5.41) is 3.17. The van der Waals surface area contributed by atoms with E-state index < -0.39 is 0 Å². The molecule has 0 aromatic heterocycles. The molecule has 2 atom stereocenters. The highest BCUT2D eigenvalue weighted by Crippen LogP contribution is 2.32. The molecule has 0 aromatic carbocycles. The van der Waals surface area contributed by atoms with E-state index in [2.05, 4.69) is 5.32 Å². The molecule has 2 fully saturated rings. The molecule has 2 unspecified atom stereocenters. The van der Waals surface area contributed by atoms with Gasteiger partial charge in [0.15, 0.2) is 0 Å². The van der Waals surface area contributed by atoms with E-state index >= 15 is 0 Å². The number of ether oxygens (including phenoxy) is 1. The molecule has 5 heteroatoms. The molecule has 2 aliphatic carbocycles. The van der Waals surface area contributed by atoms with E-state index in [1.807, 2.05) is 6.92 Å². The van der Waals surface area contributed by atoms with E-state index in [-0.39, 0.29) is 29.8 Å². The van der Waals surface area contributed by atoms with Crippen molar-refractivity contribution in [3.05, 3.63) is 0 Å². The molecule has 0 aromatic rings. The van der Waals surface area contributed by atoms with Crippen molar-refractivity contribution in [1.82, 2.24) is 5.32 Å². The number of carbonyl (C=O) groups excluding carboxylic acids is 2. The predicted molar refractivity (Wildman–Crippen MR) is 80.4 cm³/mol. The maximum absolute atomic E-state index is 12.3. The summed E-state index contributed by atoms with van der Waals surface area (Å²) >= 11 is 0. The van der Waals surface area contributed by atoms with Gasteiger partial charge in [-0.15, -0.1) is 0 Å². The highest BCUT2D eigenvalue weighted by atomic mass is 16.5. The van der Waals surface area contributed by atoms with Gasteiger partial charge in [0, 0.05) is 12.0 Å². The van der Waals surface area contributed by atoms with Gasteiger partial charge in [-0.05, 0) is 57.9 Å². The van der Waals surface area contributed by atoms with E-state index in [0.29, 0.717) is 19.1 Å². The monoisotopic (exact) mass is 296 g/mol. The van der Waals surface area contributed by atoms with Crippen LogP contribution in [0.15, 0.2) is 0 Å². The van der Waals surface area contributed by atoms with Gasteiger partial charge >= 0.3 is 5.97 Å². The van der Waals surface area contributed by atoms with Crippen LogP contribution in [0.2, 0.25) is 0 Å². The number of nitrogens with one attached hydrogen (secondary N) is 1. The second-order valence-corrected chi connectivity index (χ2v) is 6.34. The number of rotatable bonds is 5. The van der Waals surface area contributed by atoms with Crippen LogP contribution in [0.1, 0.15) is 51.9 Å². The fraction of sp³-hybridized carbons (Fsp3) is 0.875. The van der Waals surface area contributed by atoms with Crippen molar-refractivity contribution in [2.24, 2.45) is 23.5 Å². The minimum absolute atomic E-state index is 0.0152. The molecule has 21 heavy (non-hydrogen) atoms. The van der Waals surface area contributed by atoms with Crippen LogP contribution in [0, 0.1) is 17.8 Å². The van der Waals surface area contributed by atoms with E-state index in [0.717, 1.165) is 44.9 Å². The summed E-state index contributed by atoms with van der Waals surface area (Å²) < 4.78 is 5.07. The third-order valence-corrected chi connectivity index (χ3v) is 4.99. The van der Waals surface area contributed by atoms with Crippen molar-refractivity contribution < 1.29 is 14.3 Å². The van der Waals surface area contributed by atoms with Crippen molar-refractivity contribution in [1.29, 1.82) is 0 Å². The Bertz CT molecular complexity index is 365. The summed E-state index contributed by atoms with van der Waals surface area (Å²) in [4.78, 5) is 24.0. The summed E-state index contributed by atoms with van der Waals surface area (Å²) in [6, 6.07) is 0.210. The van der Waals surface area contributed by atoms with Gasteiger partial charge in [-0.2, -0.15) is 0 Å². The van der Waals surface area contributed by atoms with Crippen LogP contribution in [0.25, 0.3) is 0 Å². The fourth-order valence-electron chi connectivity index (χ4n) is 3.71. The zero-order chi connectivity index (χ0) is 15.2. The third kappa shape index (κ3) is 4.19. The van der Waals surface area contributed by atoms with E-state index in [1.165, 1.54) is 0 Å². The molecule has 2 saturated carbocycles. The normalized spacial score (nSPS) is 32.7. The van der Waals surface area contributed by atoms with Gasteiger partial charge in [0.05, 0.1) is 12.5 Å². The highest BCUT2D eigenvalue weighted by molar-refractivity contribution is 5.79. The van der Waals surface area contributed by atoms with Crippen molar-refractivity contribution in [3.8, 4) is 0 Å². The molecule has 0 spiro atoms. The minimum Gasteiger partial charge on any atom is -0.466 e. The van der Waals surface area contributed by atoms with Gasteiger partial charge in [-0.25, -0.2) is 0 Å². The zero-order valence-corrected chi connectivity index (χ0v) is 13.0. The minimum atomic E-state index is -0.0822. The number of hydrogen-bond acceptors (Lipinski definition) is 4. The average Bonchev–Trinajstić information content (AvgIpc) is 2.97. The van der Waals surface area contributed by atoms with E-state index in [1.54, 1.807) is 0 Å². The van der Waals surface area contributed by atoms with Crippen LogP contribution in [-0.2, 0) is 14.3 Å². The summed E-state index contributed by atoms with van der Waals surface area (Å²) in [6.45, 7) is 2.88. The quantitative estimate of drug-likeness (QED) is 0.755. The zero-order valence-electron chi connectivity index (χ0n) is 13.0. The van der Waals surface area contributed by atoms with Crippen molar-refractivity contribution in [2.75, 3.05) is 13.2 Å². The molecule has 2 rings (SSSR count). The third-order valence-electron chi connectivity index (χ3n) is 4.99. The summed E-state index contributed by atoms with van der Waals surface area (Å²) in [5.74, 6) is 0.545. The predicted octanol–water partition coefficient (Wildman–Crippen LogP) is 1.60. The Kier molecular flexibility index (Phi) is 6.03. The maximum atomic E-state index is 12.3. The number of nitrogens with two attached hydrogens (primary N) is 1. The standard InChI is InChI=1S/C16H28N2O3/c1-2-21-16(20)11-6-8-13(9-7-11)18-15(19)14-5-3-4-12(14)10-17/h11-14H,2-10,17H2,1H3,(H,18,19). The van der Waals surface area contributed by atoms with Gasteiger partial charge in [-0.3, -0.25) is 9.59 Å². The highest BCUT2D eigenvalue weighted by Gasteiger charge is 2.34. The first-order valence-corrected chi connectivity index (χ1v) is 8.32. The van der Waals surface area contributed by atoms with Gasteiger partial charge in [0.25, 0.3) is 0 Å².